The fourth-order valence-electron chi connectivity index (χ4n) is 1.96. The molecule has 94 valence electrons. The molecule has 4 nitrogen and oxygen atoms in total. The summed E-state index contributed by atoms with van der Waals surface area (Å²) in [6, 6.07) is 2.11. The maximum atomic E-state index is 4.69. The van der Waals surface area contributed by atoms with Gasteiger partial charge in [-0.05, 0) is 33.6 Å². The van der Waals surface area contributed by atoms with Gasteiger partial charge in [-0.25, -0.2) is 4.98 Å². The lowest BCUT2D eigenvalue weighted by Crippen LogP contribution is -2.25. The van der Waals surface area contributed by atoms with Crippen molar-refractivity contribution >= 4 is 11.8 Å². The highest BCUT2D eigenvalue weighted by atomic mass is 15.3. The van der Waals surface area contributed by atoms with Crippen LogP contribution in [0.3, 0.4) is 0 Å². The maximum absolute atomic E-state index is 4.69. The van der Waals surface area contributed by atoms with Crippen LogP contribution in [0.2, 0.25) is 0 Å². The molecule has 0 amide bonds. The van der Waals surface area contributed by atoms with Crippen LogP contribution in [0.15, 0.2) is 6.07 Å². The van der Waals surface area contributed by atoms with Crippen LogP contribution >= 0.6 is 0 Å². The van der Waals surface area contributed by atoms with Gasteiger partial charge in [0.1, 0.15) is 5.82 Å². The SMILES string of the molecule is CCNc1cc(C2CC2)nc(N(CC)CC)n1. The summed E-state index contributed by atoms with van der Waals surface area (Å²) in [4.78, 5) is 11.5. The molecule has 1 aliphatic rings. The third-order valence-electron chi connectivity index (χ3n) is 3.13. The van der Waals surface area contributed by atoms with Crippen molar-refractivity contribution in [1.82, 2.24) is 9.97 Å². The summed E-state index contributed by atoms with van der Waals surface area (Å²) in [5.74, 6) is 2.51. The Morgan fingerprint density at radius 2 is 1.94 bits per heavy atom. The predicted octanol–water partition coefficient (Wildman–Crippen LogP) is 2.63. The smallest absolute Gasteiger partial charge is 0.227 e. The Morgan fingerprint density at radius 1 is 1.24 bits per heavy atom. The first-order valence-corrected chi connectivity index (χ1v) is 6.66. The minimum Gasteiger partial charge on any atom is -0.370 e. The van der Waals surface area contributed by atoms with Gasteiger partial charge in [-0.15, -0.1) is 0 Å². The van der Waals surface area contributed by atoms with E-state index in [-0.39, 0.29) is 0 Å². The minimum absolute atomic E-state index is 0.671. The van der Waals surface area contributed by atoms with Crippen LogP contribution in [0.4, 0.5) is 11.8 Å². The summed E-state index contributed by atoms with van der Waals surface area (Å²) in [5, 5.41) is 3.30. The molecule has 1 heterocycles. The topological polar surface area (TPSA) is 41.1 Å². The number of hydrogen-bond acceptors (Lipinski definition) is 4. The van der Waals surface area contributed by atoms with Crippen LogP contribution in [0.5, 0.6) is 0 Å². The van der Waals surface area contributed by atoms with Crippen LogP contribution in [0, 0.1) is 0 Å². The van der Waals surface area contributed by atoms with Crippen LogP contribution in [-0.2, 0) is 0 Å². The highest BCUT2D eigenvalue weighted by Gasteiger charge is 2.26. The number of rotatable bonds is 6. The molecule has 1 N–H and O–H groups in total. The molecular formula is C13H22N4. The molecule has 2 rings (SSSR count). The van der Waals surface area contributed by atoms with E-state index < -0.39 is 0 Å². The fourth-order valence-corrected chi connectivity index (χ4v) is 1.96. The van der Waals surface area contributed by atoms with Crippen LogP contribution < -0.4 is 10.2 Å². The Labute approximate surface area is 103 Å². The molecule has 0 bridgehead atoms. The van der Waals surface area contributed by atoms with Gasteiger partial charge in [-0.3, -0.25) is 0 Å². The zero-order chi connectivity index (χ0) is 12.3. The molecule has 0 aliphatic heterocycles. The number of nitrogens with one attached hydrogen (secondary N) is 1. The van der Waals surface area contributed by atoms with Crippen molar-refractivity contribution in [2.45, 2.75) is 39.5 Å². The van der Waals surface area contributed by atoms with E-state index in [1.54, 1.807) is 0 Å². The van der Waals surface area contributed by atoms with Crippen molar-refractivity contribution in [3.05, 3.63) is 11.8 Å². The molecular weight excluding hydrogens is 212 g/mol. The number of aromatic nitrogens is 2. The van der Waals surface area contributed by atoms with Gasteiger partial charge >= 0.3 is 0 Å². The molecule has 0 radical (unpaired) electrons. The standard InChI is InChI=1S/C13H22N4/c1-4-14-12-9-11(10-7-8-10)15-13(16-12)17(5-2)6-3/h9-10H,4-8H2,1-3H3,(H,14,15,16). The minimum atomic E-state index is 0.671. The van der Waals surface area contributed by atoms with Gasteiger partial charge in [0.15, 0.2) is 0 Å². The van der Waals surface area contributed by atoms with E-state index in [1.165, 1.54) is 18.5 Å². The van der Waals surface area contributed by atoms with Crippen molar-refractivity contribution in [3.63, 3.8) is 0 Å². The van der Waals surface area contributed by atoms with Gasteiger partial charge in [0.05, 0.1) is 5.69 Å². The van der Waals surface area contributed by atoms with Gasteiger partial charge < -0.3 is 10.2 Å². The Bertz CT molecular complexity index is 370. The predicted molar refractivity (Wildman–Crippen MR) is 71.7 cm³/mol. The zero-order valence-electron chi connectivity index (χ0n) is 11.0. The second-order valence-electron chi connectivity index (χ2n) is 4.45. The first-order chi connectivity index (χ1) is 8.28. The average molecular weight is 234 g/mol. The fraction of sp³-hybridized carbons (Fsp3) is 0.692. The summed E-state index contributed by atoms with van der Waals surface area (Å²) in [6.07, 6.45) is 2.56. The maximum Gasteiger partial charge on any atom is 0.227 e. The molecule has 1 aromatic rings. The van der Waals surface area contributed by atoms with Gasteiger partial charge in [-0.1, -0.05) is 0 Å². The van der Waals surface area contributed by atoms with E-state index in [0.717, 1.165) is 31.4 Å². The van der Waals surface area contributed by atoms with E-state index in [0.29, 0.717) is 5.92 Å². The molecule has 0 aromatic carbocycles. The normalized spacial score (nSPS) is 14.8. The lowest BCUT2D eigenvalue weighted by atomic mass is 10.3. The third-order valence-corrected chi connectivity index (χ3v) is 3.13. The Kier molecular flexibility index (Phi) is 3.82. The first kappa shape index (κ1) is 12.1. The van der Waals surface area contributed by atoms with E-state index in [4.69, 9.17) is 4.98 Å². The van der Waals surface area contributed by atoms with Crippen molar-refractivity contribution in [2.24, 2.45) is 0 Å². The van der Waals surface area contributed by atoms with Crippen molar-refractivity contribution in [2.75, 3.05) is 29.9 Å². The Balaban J connectivity index is 2.29. The zero-order valence-corrected chi connectivity index (χ0v) is 11.0. The summed E-state index contributed by atoms with van der Waals surface area (Å²) in [5.41, 5.74) is 1.21. The van der Waals surface area contributed by atoms with E-state index >= 15 is 0 Å². The van der Waals surface area contributed by atoms with Crippen LogP contribution in [0.25, 0.3) is 0 Å². The summed E-state index contributed by atoms with van der Waals surface area (Å²) >= 11 is 0. The molecule has 0 atom stereocenters. The summed E-state index contributed by atoms with van der Waals surface area (Å²) in [6.45, 7) is 9.19. The summed E-state index contributed by atoms with van der Waals surface area (Å²) in [7, 11) is 0. The average Bonchev–Trinajstić information content (AvgIpc) is 3.15. The van der Waals surface area contributed by atoms with E-state index in [2.05, 4.69) is 42.0 Å². The monoisotopic (exact) mass is 234 g/mol. The van der Waals surface area contributed by atoms with Crippen LogP contribution in [-0.4, -0.2) is 29.6 Å². The van der Waals surface area contributed by atoms with Crippen molar-refractivity contribution in [3.8, 4) is 0 Å². The first-order valence-electron chi connectivity index (χ1n) is 6.66. The molecule has 17 heavy (non-hydrogen) atoms. The Hall–Kier alpha value is -1.32. The Morgan fingerprint density at radius 3 is 2.47 bits per heavy atom. The van der Waals surface area contributed by atoms with Crippen molar-refractivity contribution in [1.29, 1.82) is 0 Å². The van der Waals surface area contributed by atoms with Crippen LogP contribution in [0.1, 0.15) is 45.2 Å². The van der Waals surface area contributed by atoms with E-state index in [9.17, 15) is 0 Å². The lowest BCUT2D eigenvalue weighted by Gasteiger charge is -2.20. The molecule has 0 spiro atoms. The quantitative estimate of drug-likeness (QED) is 0.821. The second kappa shape index (κ2) is 5.34. The summed E-state index contributed by atoms with van der Waals surface area (Å²) < 4.78 is 0. The highest BCUT2D eigenvalue weighted by molar-refractivity contribution is 5.45. The largest absolute Gasteiger partial charge is 0.370 e. The lowest BCUT2D eigenvalue weighted by molar-refractivity contribution is 0.809. The van der Waals surface area contributed by atoms with Gasteiger partial charge in [0.25, 0.3) is 0 Å². The molecule has 4 heteroatoms. The molecule has 1 fully saturated rings. The van der Waals surface area contributed by atoms with Gasteiger partial charge in [-0.2, -0.15) is 4.98 Å². The number of nitrogens with zero attached hydrogens (tertiary/aromatic N) is 3. The molecule has 0 saturated heterocycles. The number of hydrogen-bond donors (Lipinski definition) is 1. The highest BCUT2D eigenvalue weighted by Crippen LogP contribution is 2.40. The van der Waals surface area contributed by atoms with E-state index in [1.807, 2.05) is 0 Å². The third kappa shape index (κ3) is 2.87. The molecule has 1 saturated carbocycles. The second-order valence-corrected chi connectivity index (χ2v) is 4.45. The van der Waals surface area contributed by atoms with Gasteiger partial charge in [0, 0.05) is 31.6 Å². The van der Waals surface area contributed by atoms with Crippen molar-refractivity contribution < 1.29 is 0 Å². The van der Waals surface area contributed by atoms with Gasteiger partial charge in [0.2, 0.25) is 5.95 Å². The molecule has 1 aromatic heterocycles. The molecule has 0 unspecified atom stereocenters. The molecule has 1 aliphatic carbocycles. The number of anilines is 2.